The number of allylic oxidation sites excluding steroid dienone is 2. The van der Waals surface area contributed by atoms with Gasteiger partial charge in [-0.15, -0.1) is 0 Å². The molecular formula is C20H25N. The van der Waals surface area contributed by atoms with Crippen LogP contribution in [0.25, 0.3) is 5.70 Å². The number of nitrogens with zero attached hydrogens (tertiary/aromatic N) is 1. The first kappa shape index (κ1) is 14.2. The van der Waals surface area contributed by atoms with Crippen molar-refractivity contribution in [2.45, 2.75) is 45.6 Å². The molecule has 0 fully saturated rings. The third-order valence-electron chi connectivity index (χ3n) is 4.71. The highest BCUT2D eigenvalue weighted by Gasteiger charge is 2.26. The zero-order chi connectivity index (χ0) is 14.8. The van der Waals surface area contributed by atoms with Gasteiger partial charge in [-0.2, -0.15) is 0 Å². The van der Waals surface area contributed by atoms with Gasteiger partial charge in [-0.25, -0.2) is 0 Å². The third kappa shape index (κ3) is 2.70. The fourth-order valence-corrected chi connectivity index (χ4v) is 3.60. The Morgan fingerprint density at radius 3 is 2.86 bits per heavy atom. The van der Waals surface area contributed by atoms with Gasteiger partial charge < -0.3 is 4.90 Å². The van der Waals surface area contributed by atoms with Crippen molar-refractivity contribution < 1.29 is 0 Å². The van der Waals surface area contributed by atoms with Crippen molar-refractivity contribution in [1.29, 1.82) is 0 Å². The molecule has 1 atom stereocenters. The number of benzene rings is 1. The van der Waals surface area contributed by atoms with E-state index in [1.54, 1.807) is 0 Å². The van der Waals surface area contributed by atoms with Gasteiger partial charge in [-0.05, 0) is 43.7 Å². The molecule has 21 heavy (non-hydrogen) atoms. The van der Waals surface area contributed by atoms with Crippen molar-refractivity contribution >= 4 is 5.70 Å². The highest BCUT2D eigenvalue weighted by molar-refractivity contribution is 5.68. The first-order valence-electron chi connectivity index (χ1n) is 8.12. The maximum absolute atomic E-state index is 4.40. The highest BCUT2D eigenvalue weighted by Crippen LogP contribution is 2.33. The van der Waals surface area contributed by atoms with Crippen molar-refractivity contribution in [2.75, 3.05) is 6.54 Å². The fraction of sp³-hybridized carbons (Fsp3) is 0.400. The topological polar surface area (TPSA) is 3.24 Å². The molecule has 1 aliphatic carbocycles. The molecule has 110 valence electrons. The van der Waals surface area contributed by atoms with Crippen LogP contribution in [0.2, 0.25) is 0 Å². The van der Waals surface area contributed by atoms with Crippen LogP contribution in [0.4, 0.5) is 0 Å². The van der Waals surface area contributed by atoms with E-state index in [0.29, 0.717) is 6.04 Å². The molecule has 1 aliphatic heterocycles. The summed E-state index contributed by atoms with van der Waals surface area (Å²) < 4.78 is 0. The molecule has 0 saturated heterocycles. The van der Waals surface area contributed by atoms with E-state index in [-0.39, 0.29) is 0 Å². The molecule has 0 spiro atoms. The van der Waals surface area contributed by atoms with Gasteiger partial charge in [0, 0.05) is 17.8 Å². The summed E-state index contributed by atoms with van der Waals surface area (Å²) in [7, 11) is 0. The van der Waals surface area contributed by atoms with Gasteiger partial charge in [0.25, 0.3) is 0 Å². The normalized spacial score (nSPS) is 19.2. The van der Waals surface area contributed by atoms with E-state index in [4.69, 9.17) is 0 Å². The predicted octanol–water partition coefficient (Wildman–Crippen LogP) is 4.88. The summed E-state index contributed by atoms with van der Waals surface area (Å²) >= 11 is 0. The molecule has 1 nitrogen and oxygen atoms in total. The van der Waals surface area contributed by atoms with Gasteiger partial charge >= 0.3 is 0 Å². The molecule has 1 aromatic carbocycles. The van der Waals surface area contributed by atoms with Gasteiger partial charge in [-0.1, -0.05) is 55.5 Å². The minimum Gasteiger partial charge on any atom is -0.364 e. The Balaban J connectivity index is 1.89. The summed E-state index contributed by atoms with van der Waals surface area (Å²) in [5.74, 6) is 0. The second-order valence-electron chi connectivity index (χ2n) is 6.16. The summed E-state index contributed by atoms with van der Waals surface area (Å²) in [5, 5.41) is 0. The van der Waals surface area contributed by atoms with Crippen LogP contribution in [0.1, 0.15) is 42.9 Å². The minimum atomic E-state index is 0.475. The largest absolute Gasteiger partial charge is 0.364 e. The molecule has 0 amide bonds. The fourth-order valence-electron chi connectivity index (χ4n) is 3.60. The van der Waals surface area contributed by atoms with Crippen molar-refractivity contribution in [3.05, 3.63) is 65.3 Å². The molecular weight excluding hydrogens is 254 g/mol. The number of hydrogen-bond acceptors (Lipinski definition) is 1. The van der Waals surface area contributed by atoms with E-state index >= 15 is 0 Å². The Kier molecular flexibility index (Phi) is 4.01. The van der Waals surface area contributed by atoms with Gasteiger partial charge in [-0.3, -0.25) is 0 Å². The van der Waals surface area contributed by atoms with Crippen LogP contribution in [0, 0.1) is 6.92 Å². The maximum Gasteiger partial charge on any atom is 0.0536 e. The Labute approximate surface area is 128 Å². The maximum atomic E-state index is 4.40. The van der Waals surface area contributed by atoms with E-state index in [1.807, 2.05) is 0 Å². The van der Waals surface area contributed by atoms with Crippen molar-refractivity contribution in [2.24, 2.45) is 0 Å². The van der Waals surface area contributed by atoms with E-state index in [2.05, 4.69) is 61.8 Å². The van der Waals surface area contributed by atoms with Gasteiger partial charge in [0.2, 0.25) is 0 Å². The predicted molar refractivity (Wildman–Crippen MR) is 91.2 cm³/mol. The first-order valence-corrected chi connectivity index (χ1v) is 8.12. The first-order chi connectivity index (χ1) is 10.2. The van der Waals surface area contributed by atoms with Crippen LogP contribution in [-0.4, -0.2) is 17.5 Å². The van der Waals surface area contributed by atoms with Crippen LogP contribution in [0.3, 0.4) is 0 Å². The van der Waals surface area contributed by atoms with Gasteiger partial charge in [0.1, 0.15) is 0 Å². The number of aryl methyl sites for hydroxylation is 1. The zero-order valence-corrected chi connectivity index (χ0v) is 13.2. The lowest BCUT2D eigenvalue weighted by molar-refractivity contribution is 0.317. The third-order valence-corrected chi connectivity index (χ3v) is 4.71. The van der Waals surface area contributed by atoms with Gasteiger partial charge in [0.15, 0.2) is 0 Å². The van der Waals surface area contributed by atoms with Crippen LogP contribution < -0.4 is 0 Å². The lowest BCUT2D eigenvalue weighted by Crippen LogP contribution is -2.38. The smallest absolute Gasteiger partial charge is 0.0536 e. The summed E-state index contributed by atoms with van der Waals surface area (Å²) in [6.07, 6.45) is 11.7. The monoisotopic (exact) mass is 279 g/mol. The molecule has 1 heterocycles. The average Bonchev–Trinajstić information content (AvgIpc) is 2.51. The summed E-state index contributed by atoms with van der Waals surface area (Å²) in [6, 6.07) is 7.24. The standard InChI is InChI=1S/C20H25N/c1-4-20(17-8-6-5-7-9-17)21-13-12-18-14-15(2)10-11-19(18)16(21)3/h6,8-11,14,20H,3-5,7,12-13H2,1-2H3. The Hall–Kier alpha value is -1.76. The molecule has 0 bridgehead atoms. The second kappa shape index (κ2) is 5.93. The Morgan fingerprint density at radius 1 is 1.29 bits per heavy atom. The summed E-state index contributed by atoms with van der Waals surface area (Å²) in [4.78, 5) is 2.51. The molecule has 1 aromatic rings. The summed E-state index contributed by atoms with van der Waals surface area (Å²) in [5.41, 5.74) is 6.81. The highest BCUT2D eigenvalue weighted by atomic mass is 15.2. The molecule has 0 saturated carbocycles. The molecule has 1 heteroatoms. The van der Waals surface area contributed by atoms with E-state index < -0.39 is 0 Å². The molecule has 0 radical (unpaired) electrons. The molecule has 1 unspecified atom stereocenters. The lowest BCUT2D eigenvalue weighted by Gasteiger charge is -2.40. The van der Waals surface area contributed by atoms with E-state index in [1.165, 1.54) is 40.8 Å². The Morgan fingerprint density at radius 2 is 2.14 bits per heavy atom. The van der Waals surface area contributed by atoms with Gasteiger partial charge in [0.05, 0.1) is 6.04 Å². The number of fused-ring (bicyclic) bond motifs is 1. The van der Waals surface area contributed by atoms with Crippen molar-refractivity contribution in [3.63, 3.8) is 0 Å². The zero-order valence-electron chi connectivity index (χ0n) is 13.2. The van der Waals surface area contributed by atoms with E-state index in [9.17, 15) is 0 Å². The molecule has 3 rings (SSSR count). The van der Waals surface area contributed by atoms with Crippen LogP contribution >= 0.6 is 0 Å². The average molecular weight is 279 g/mol. The van der Waals surface area contributed by atoms with Crippen LogP contribution in [0.15, 0.2) is 48.6 Å². The molecule has 0 aromatic heterocycles. The van der Waals surface area contributed by atoms with E-state index in [0.717, 1.165) is 19.4 Å². The second-order valence-corrected chi connectivity index (χ2v) is 6.16. The quantitative estimate of drug-likeness (QED) is 0.762. The Bertz CT molecular complexity index is 606. The lowest BCUT2D eigenvalue weighted by atomic mass is 9.90. The van der Waals surface area contributed by atoms with Crippen molar-refractivity contribution in [3.8, 4) is 0 Å². The number of hydrogen-bond donors (Lipinski definition) is 0. The van der Waals surface area contributed by atoms with Crippen LogP contribution in [0.5, 0.6) is 0 Å². The minimum absolute atomic E-state index is 0.475. The van der Waals surface area contributed by atoms with Crippen molar-refractivity contribution in [1.82, 2.24) is 4.90 Å². The summed E-state index contributed by atoms with van der Waals surface area (Å²) in [6.45, 7) is 9.94. The van der Waals surface area contributed by atoms with Crippen LogP contribution in [-0.2, 0) is 6.42 Å². The number of rotatable bonds is 3. The molecule has 0 N–H and O–H groups in total. The SMILES string of the molecule is C=C1c2ccc(C)cc2CCN1C(CC)C1=CCCC=C1. The molecule has 2 aliphatic rings.